The van der Waals surface area contributed by atoms with E-state index in [-0.39, 0.29) is 0 Å². The van der Waals surface area contributed by atoms with Crippen LogP contribution in [0.4, 0.5) is 0 Å². The van der Waals surface area contributed by atoms with Crippen molar-refractivity contribution in [1.29, 1.82) is 0 Å². The molecule has 88 valence electrons. The van der Waals surface area contributed by atoms with Gasteiger partial charge in [-0.3, -0.25) is 0 Å². The van der Waals surface area contributed by atoms with E-state index in [0.29, 0.717) is 12.1 Å². The smallest absolute Gasteiger partial charge is 0.120 e. The molecule has 2 atom stereocenters. The minimum atomic E-state index is 0.345. The fourth-order valence-corrected chi connectivity index (χ4v) is 2.31. The summed E-state index contributed by atoms with van der Waals surface area (Å²) in [5.41, 5.74) is 1.07. The van der Waals surface area contributed by atoms with Crippen molar-refractivity contribution in [3.63, 3.8) is 0 Å². The maximum Gasteiger partial charge on any atom is 0.120 e. The SMILES string of the molecule is CNC1CCC(Oc2ccc(Cl)c(C)c2)C1. The quantitative estimate of drug-likeness (QED) is 0.875. The van der Waals surface area contributed by atoms with Gasteiger partial charge in [-0.05, 0) is 57.0 Å². The van der Waals surface area contributed by atoms with E-state index in [2.05, 4.69) is 5.32 Å². The van der Waals surface area contributed by atoms with Crippen LogP contribution in [0.2, 0.25) is 5.02 Å². The number of benzene rings is 1. The first-order valence-corrected chi connectivity index (χ1v) is 6.17. The third-order valence-corrected chi connectivity index (χ3v) is 3.65. The lowest BCUT2D eigenvalue weighted by Gasteiger charge is -2.14. The van der Waals surface area contributed by atoms with E-state index in [0.717, 1.165) is 29.2 Å². The average Bonchev–Trinajstić information content (AvgIpc) is 2.71. The molecule has 0 aromatic heterocycles. The molecule has 16 heavy (non-hydrogen) atoms. The highest BCUT2D eigenvalue weighted by molar-refractivity contribution is 6.31. The lowest BCUT2D eigenvalue weighted by molar-refractivity contribution is 0.206. The van der Waals surface area contributed by atoms with Gasteiger partial charge in [0.05, 0.1) is 0 Å². The van der Waals surface area contributed by atoms with Crippen LogP contribution in [0.15, 0.2) is 18.2 Å². The fourth-order valence-electron chi connectivity index (χ4n) is 2.19. The molecule has 0 amide bonds. The standard InChI is InChI=1S/C13H18ClNO/c1-9-7-11(5-6-13(9)14)16-12-4-3-10(8-12)15-2/h5-7,10,12,15H,3-4,8H2,1-2H3. The highest BCUT2D eigenvalue weighted by atomic mass is 35.5. The van der Waals surface area contributed by atoms with Gasteiger partial charge in [0.15, 0.2) is 0 Å². The summed E-state index contributed by atoms with van der Waals surface area (Å²) < 4.78 is 5.94. The zero-order valence-corrected chi connectivity index (χ0v) is 10.6. The zero-order chi connectivity index (χ0) is 11.5. The number of nitrogens with one attached hydrogen (secondary N) is 1. The summed E-state index contributed by atoms with van der Waals surface area (Å²) in [6.45, 7) is 2.00. The molecule has 1 aromatic carbocycles. The van der Waals surface area contributed by atoms with Crippen molar-refractivity contribution in [1.82, 2.24) is 5.32 Å². The van der Waals surface area contributed by atoms with E-state index in [9.17, 15) is 0 Å². The van der Waals surface area contributed by atoms with E-state index in [1.165, 1.54) is 6.42 Å². The Morgan fingerprint density at radius 1 is 1.38 bits per heavy atom. The Kier molecular flexibility index (Phi) is 3.72. The molecule has 1 fully saturated rings. The molecule has 1 aliphatic carbocycles. The van der Waals surface area contributed by atoms with Gasteiger partial charge in [0, 0.05) is 11.1 Å². The Bertz CT molecular complexity index is 367. The Balaban J connectivity index is 1.97. The predicted octanol–water partition coefficient (Wildman–Crippen LogP) is 3.17. The molecule has 0 radical (unpaired) electrons. The first kappa shape index (κ1) is 11.7. The largest absolute Gasteiger partial charge is 0.490 e. The van der Waals surface area contributed by atoms with Crippen LogP contribution in [0.1, 0.15) is 24.8 Å². The van der Waals surface area contributed by atoms with Gasteiger partial charge in [-0.15, -0.1) is 0 Å². The Morgan fingerprint density at radius 3 is 2.81 bits per heavy atom. The maximum absolute atomic E-state index is 5.98. The molecule has 2 unspecified atom stereocenters. The second-order valence-electron chi connectivity index (χ2n) is 4.45. The zero-order valence-electron chi connectivity index (χ0n) is 9.79. The van der Waals surface area contributed by atoms with Crippen LogP contribution in [0.3, 0.4) is 0 Å². The molecular formula is C13H18ClNO. The molecule has 0 saturated heterocycles. The van der Waals surface area contributed by atoms with Gasteiger partial charge in [-0.2, -0.15) is 0 Å². The lowest BCUT2D eigenvalue weighted by atomic mass is 10.2. The second kappa shape index (κ2) is 5.07. The van der Waals surface area contributed by atoms with Crippen molar-refractivity contribution < 1.29 is 4.74 Å². The van der Waals surface area contributed by atoms with E-state index in [4.69, 9.17) is 16.3 Å². The summed E-state index contributed by atoms with van der Waals surface area (Å²) in [6, 6.07) is 6.46. The van der Waals surface area contributed by atoms with Gasteiger partial charge in [0.2, 0.25) is 0 Å². The second-order valence-corrected chi connectivity index (χ2v) is 4.86. The molecule has 1 N–H and O–H groups in total. The van der Waals surface area contributed by atoms with Gasteiger partial charge in [-0.1, -0.05) is 11.6 Å². The predicted molar refractivity (Wildman–Crippen MR) is 67.3 cm³/mol. The third-order valence-electron chi connectivity index (χ3n) is 3.22. The Morgan fingerprint density at radius 2 is 2.19 bits per heavy atom. The summed E-state index contributed by atoms with van der Waals surface area (Å²) in [6.07, 6.45) is 3.78. The normalized spacial score (nSPS) is 24.7. The number of halogens is 1. The number of hydrogen-bond donors (Lipinski definition) is 1. The average molecular weight is 240 g/mol. The summed E-state index contributed by atoms with van der Waals surface area (Å²) in [4.78, 5) is 0. The topological polar surface area (TPSA) is 21.3 Å². The minimum absolute atomic E-state index is 0.345. The van der Waals surface area contributed by atoms with Crippen LogP contribution in [0.5, 0.6) is 5.75 Å². The van der Waals surface area contributed by atoms with E-state index >= 15 is 0 Å². The van der Waals surface area contributed by atoms with Gasteiger partial charge >= 0.3 is 0 Å². The number of rotatable bonds is 3. The first-order chi connectivity index (χ1) is 7.69. The van der Waals surface area contributed by atoms with Crippen LogP contribution in [-0.4, -0.2) is 19.2 Å². The molecule has 1 aromatic rings. The van der Waals surface area contributed by atoms with Crippen LogP contribution in [0.25, 0.3) is 0 Å². The first-order valence-electron chi connectivity index (χ1n) is 5.79. The minimum Gasteiger partial charge on any atom is -0.490 e. The summed E-state index contributed by atoms with van der Waals surface area (Å²) in [5, 5.41) is 4.10. The van der Waals surface area contributed by atoms with Crippen molar-refractivity contribution in [2.45, 2.75) is 38.3 Å². The number of ether oxygens (including phenoxy) is 1. The molecule has 0 spiro atoms. The maximum atomic E-state index is 5.98. The Labute approximate surface area is 102 Å². The van der Waals surface area contributed by atoms with E-state index < -0.39 is 0 Å². The molecule has 0 bridgehead atoms. The lowest BCUT2D eigenvalue weighted by Crippen LogP contribution is -2.23. The van der Waals surface area contributed by atoms with Crippen molar-refractivity contribution >= 4 is 11.6 Å². The van der Waals surface area contributed by atoms with Gasteiger partial charge < -0.3 is 10.1 Å². The summed E-state index contributed by atoms with van der Waals surface area (Å²) in [5.74, 6) is 0.934. The van der Waals surface area contributed by atoms with Crippen molar-refractivity contribution in [3.8, 4) is 5.75 Å². The van der Waals surface area contributed by atoms with Crippen LogP contribution in [-0.2, 0) is 0 Å². The van der Waals surface area contributed by atoms with Gasteiger partial charge in [0.1, 0.15) is 11.9 Å². The molecule has 1 aliphatic rings. The van der Waals surface area contributed by atoms with Crippen molar-refractivity contribution in [3.05, 3.63) is 28.8 Å². The molecular weight excluding hydrogens is 222 g/mol. The van der Waals surface area contributed by atoms with Crippen LogP contribution >= 0.6 is 11.6 Å². The van der Waals surface area contributed by atoms with Crippen molar-refractivity contribution in [2.75, 3.05) is 7.05 Å². The molecule has 0 aliphatic heterocycles. The molecule has 1 saturated carbocycles. The molecule has 0 heterocycles. The van der Waals surface area contributed by atoms with Crippen molar-refractivity contribution in [2.24, 2.45) is 0 Å². The van der Waals surface area contributed by atoms with E-state index in [1.54, 1.807) is 0 Å². The monoisotopic (exact) mass is 239 g/mol. The number of hydrogen-bond acceptors (Lipinski definition) is 2. The highest BCUT2D eigenvalue weighted by Crippen LogP contribution is 2.27. The number of aryl methyl sites for hydroxylation is 1. The third kappa shape index (κ3) is 2.69. The van der Waals surface area contributed by atoms with E-state index in [1.807, 2.05) is 32.2 Å². The molecule has 3 heteroatoms. The highest BCUT2D eigenvalue weighted by Gasteiger charge is 2.24. The summed E-state index contributed by atoms with van der Waals surface area (Å²) in [7, 11) is 2.01. The Hall–Kier alpha value is -0.730. The molecule has 2 nitrogen and oxygen atoms in total. The fraction of sp³-hybridized carbons (Fsp3) is 0.538. The van der Waals surface area contributed by atoms with Gasteiger partial charge in [0.25, 0.3) is 0 Å². The van der Waals surface area contributed by atoms with Crippen LogP contribution in [0, 0.1) is 6.92 Å². The summed E-state index contributed by atoms with van der Waals surface area (Å²) >= 11 is 5.98. The van der Waals surface area contributed by atoms with Gasteiger partial charge in [-0.25, -0.2) is 0 Å². The molecule has 2 rings (SSSR count). The van der Waals surface area contributed by atoms with Crippen LogP contribution < -0.4 is 10.1 Å².